The zero-order chi connectivity index (χ0) is 21.8. The highest BCUT2D eigenvalue weighted by molar-refractivity contribution is 6.01. The van der Waals surface area contributed by atoms with Crippen LogP contribution in [0, 0.1) is 10.1 Å². The van der Waals surface area contributed by atoms with Gasteiger partial charge in [-0.05, 0) is 47.2 Å². The zero-order valence-electron chi connectivity index (χ0n) is 16.6. The van der Waals surface area contributed by atoms with E-state index in [9.17, 15) is 14.9 Å². The summed E-state index contributed by atoms with van der Waals surface area (Å²) in [5.74, 6) is 0.0629. The summed E-state index contributed by atoms with van der Waals surface area (Å²) in [5, 5.41) is 16.8. The van der Waals surface area contributed by atoms with Crippen LogP contribution in [0.15, 0.2) is 84.1 Å². The third-order valence-electron chi connectivity index (χ3n) is 4.79. The first-order chi connectivity index (χ1) is 15.1. The summed E-state index contributed by atoms with van der Waals surface area (Å²) in [5.41, 5.74) is 4.35. The minimum atomic E-state index is -0.446. The summed E-state index contributed by atoms with van der Waals surface area (Å²) in [6.07, 6.45) is 3.31. The van der Waals surface area contributed by atoms with Crippen molar-refractivity contribution in [3.05, 3.63) is 100 Å². The van der Waals surface area contributed by atoms with Gasteiger partial charge in [-0.2, -0.15) is 5.10 Å². The zero-order valence-corrected chi connectivity index (χ0v) is 16.6. The van der Waals surface area contributed by atoms with Gasteiger partial charge in [0.1, 0.15) is 5.75 Å². The van der Waals surface area contributed by atoms with Gasteiger partial charge in [0.2, 0.25) is 0 Å². The van der Waals surface area contributed by atoms with E-state index in [2.05, 4.69) is 10.5 Å². The maximum Gasteiger partial charge on any atom is 0.275 e. The van der Waals surface area contributed by atoms with Gasteiger partial charge in [0.25, 0.3) is 11.6 Å². The largest absolute Gasteiger partial charge is 0.496 e. The number of nitrogens with one attached hydrogen (secondary N) is 1. The maximum absolute atomic E-state index is 12.7. The Balaban J connectivity index is 1.53. The lowest BCUT2D eigenvalue weighted by atomic mass is 10.1. The van der Waals surface area contributed by atoms with Crippen molar-refractivity contribution >= 4 is 28.6 Å². The quantitative estimate of drug-likeness (QED) is 0.289. The molecule has 8 nitrogen and oxygen atoms in total. The molecule has 4 rings (SSSR count). The van der Waals surface area contributed by atoms with Crippen LogP contribution < -0.4 is 10.2 Å². The van der Waals surface area contributed by atoms with Crippen molar-refractivity contribution in [3.8, 4) is 11.4 Å². The summed E-state index contributed by atoms with van der Waals surface area (Å²) < 4.78 is 7.17. The van der Waals surface area contributed by atoms with Crippen LogP contribution >= 0.6 is 0 Å². The molecule has 1 N–H and O–H groups in total. The van der Waals surface area contributed by atoms with Crippen LogP contribution in [0.2, 0.25) is 0 Å². The first-order valence-corrected chi connectivity index (χ1v) is 9.39. The standard InChI is InChI=1S/C23H18N4O4/c1-31-22-14-17-6-3-2-5-16(17)13-21(22)23(28)25-24-15-20-7-4-12-26(20)18-8-10-19(11-9-18)27(29)30/h2-15H,1H3,(H,25,28). The number of hydrogen-bond acceptors (Lipinski definition) is 5. The van der Waals surface area contributed by atoms with Gasteiger partial charge in [0.15, 0.2) is 0 Å². The fraction of sp³-hybridized carbons (Fsp3) is 0.0435. The molecule has 0 bridgehead atoms. The molecule has 0 unspecified atom stereocenters. The molecule has 0 saturated carbocycles. The van der Waals surface area contributed by atoms with E-state index in [1.54, 1.807) is 29.0 Å². The molecule has 8 heteroatoms. The van der Waals surface area contributed by atoms with Crippen molar-refractivity contribution in [3.63, 3.8) is 0 Å². The van der Waals surface area contributed by atoms with Gasteiger partial charge in [0, 0.05) is 24.0 Å². The molecule has 1 heterocycles. The van der Waals surface area contributed by atoms with Crippen LogP contribution in [-0.4, -0.2) is 28.7 Å². The minimum absolute atomic E-state index is 0.0164. The summed E-state index contributed by atoms with van der Waals surface area (Å²) in [7, 11) is 1.52. The van der Waals surface area contributed by atoms with Crippen LogP contribution in [0.25, 0.3) is 16.5 Å². The smallest absolute Gasteiger partial charge is 0.275 e. The molecule has 31 heavy (non-hydrogen) atoms. The molecule has 0 aliphatic carbocycles. The Morgan fingerprint density at radius 2 is 1.77 bits per heavy atom. The molecular weight excluding hydrogens is 396 g/mol. The molecule has 0 atom stereocenters. The van der Waals surface area contributed by atoms with Crippen LogP contribution in [0.1, 0.15) is 16.1 Å². The number of carbonyl (C=O) groups excluding carboxylic acids is 1. The van der Waals surface area contributed by atoms with E-state index in [1.165, 1.54) is 25.5 Å². The van der Waals surface area contributed by atoms with E-state index in [0.717, 1.165) is 16.5 Å². The SMILES string of the molecule is COc1cc2ccccc2cc1C(=O)NN=Cc1cccn1-c1ccc([N+](=O)[O-])cc1. The third kappa shape index (κ3) is 4.13. The predicted molar refractivity (Wildman–Crippen MR) is 118 cm³/mol. The highest BCUT2D eigenvalue weighted by atomic mass is 16.6. The number of hydrogen-bond donors (Lipinski definition) is 1. The number of rotatable bonds is 6. The molecule has 1 aromatic heterocycles. The van der Waals surface area contributed by atoms with Crippen LogP contribution in [0.4, 0.5) is 5.69 Å². The molecular formula is C23H18N4O4. The van der Waals surface area contributed by atoms with E-state index in [0.29, 0.717) is 17.0 Å². The number of aromatic nitrogens is 1. The van der Waals surface area contributed by atoms with Gasteiger partial charge in [-0.1, -0.05) is 24.3 Å². The first kappa shape index (κ1) is 19.8. The average Bonchev–Trinajstić information content (AvgIpc) is 3.26. The van der Waals surface area contributed by atoms with Crippen LogP contribution in [0.3, 0.4) is 0 Å². The Hall–Kier alpha value is -4.46. The van der Waals surface area contributed by atoms with E-state index in [4.69, 9.17) is 4.74 Å². The minimum Gasteiger partial charge on any atom is -0.496 e. The molecule has 154 valence electrons. The summed E-state index contributed by atoms with van der Waals surface area (Å²) >= 11 is 0. The number of nitro benzene ring substituents is 1. The normalized spacial score (nSPS) is 11.0. The van der Waals surface area contributed by atoms with Crippen molar-refractivity contribution in [2.45, 2.75) is 0 Å². The Morgan fingerprint density at radius 1 is 1.06 bits per heavy atom. The predicted octanol–water partition coefficient (Wildman–Crippen LogP) is 4.31. The second kappa shape index (κ2) is 8.50. The molecule has 0 aliphatic rings. The summed E-state index contributed by atoms with van der Waals surface area (Å²) in [4.78, 5) is 23.1. The fourth-order valence-corrected chi connectivity index (χ4v) is 3.25. The van der Waals surface area contributed by atoms with Crippen molar-refractivity contribution < 1.29 is 14.5 Å². The molecule has 1 amide bonds. The maximum atomic E-state index is 12.7. The Morgan fingerprint density at radius 3 is 2.45 bits per heavy atom. The van der Waals surface area contributed by atoms with Gasteiger partial charge in [-0.3, -0.25) is 14.9 Å². The Labute approximate surface area is 177 Å². The number of carbonyl (C=O) groups is 1. The molecule has 3 aromatic carbocycles. The number of nitrogens with zero attached hydrogens (tertiary/aromatic N) is 3. The second-order valence-electron chi connectivity index (χ2n) is 6.68. The molecule has 0 spiro atoms. The van der Waals surface area contributed by atoms with Crippen LogP contribution in [-0.2, 0) is 0 Å². The summed E-state index contributed by atoms with van der Waals surface area (Å²) in [6.45, 7) is 0. The number of hydrazone groups is 1. The third-order valence-corrected chi connectivity index (χ3v) is 4.79. The number of fused-ring (bicyclic) bond motifs is 1. The van der Waals surface area contributed by atoms with Gasteiger partial charge >= 0.3 is 0 Å². The van der Waals surface area contributed by atoms with Crippen molar-refractivity contribution in [2.24, 2.45) is 5.10 Å². The number of benzene rings is 3. The van der Waals surface area contributed by atoms with Crippen molar-refractivity contribution in [2.75, 3.05) is 7.11 Å². The van der Waals surface area contributed by atoms with Gasteiger partial charge in [-0.25, -0.2) is 5.43 Å². The van der Waals surface area contributed by atoms with E-state index < -0.39 is 10.8 Å². The first-order valence-electron chi connectivity index (χ1n) is 9.39. The Kier molecular flexibility index (Phi) is 5.44. The lowest BCUT2D eigenvalue weighted by Crippen LogP contribution is -2.18. The van der Waals surface area contributed by atoms with E-state index in [1.807, 2.05) is 42.5 Å². The molecule has 0 fully saturated rings. The fourth-order valence-electron chi connectivity index (χ4n) is 3.25. The summed E-state index contributed by atoms with van der Waals surface area (Å²) in [6, 6.07) is 21.1. The Bertz CT molecular complexity index is 1290. The van der Waals surface area contributed by atoms with Crippen molar-refractivity contribution in [1.29, 1.82) is 0 Å². The van der Waals surface area contributed by atoms with Gasteiger partial charge in [-0.15, -0.1) is 0 Å². The van der Waals surface area contributed by atoms with Crippen LogP contribution in [0.5, 0.6) is 5.75 Å². The number of methoxy groups -OCH3 is 1. The van der Waals surface area contributed by atoms with Gasteiger partial charge < -0.3 is 9.30 Å². The number of nitro groups is 1. The average molecular weight is 414 g/mol. The lowest BCUT2D eigenvalue weighted by molar-refractivity contribution is -0.384. The van der Waals surface area contributed by atoms with Crippen molar-refractivity contribution in [1.82, 2.24) is 9.99 Å². The highest BCUT2D eigenvalue weighted by Gasteiger charge is 2.13. The molecule has 0 saturated heterocycles. The second-order valence-corrected chi connectivity index (χ2v) is 6.68. The molecule has 0 radical (unpaired) electrons. The molecule has 0 aliphatic heterocycles. The van der Waals surface area contributed by atoms with E-state index >= 15 is 0 Å². The topological polar surface area (TPSA) is 98.8 Å². The highest BCUT2D eigenvalue weighted by Crippen LogP contribution is 2.26. The van der Waals surface area contributed by atoms with Gasteiger partial charge in [0.05, 0.1) is 29.5 Å². The molecule has 4 aromatic rings. The van der Waals surface area contributed by atoms with E-state index in [-0.39, 0.29) is 5.69 Å². The number of ether oxygens (including phenoxy) is 1. The number of non-ortho nitro benzene ring substituents is 1. The monoisotopic (exact) mass is 414 g/mol. The lowest BCUT2D eigenvalue weighted by Gasteiger charge is -2.09. The number of amides is 1.